The molecule has 26 heteroatoms. The van der Waals surface area contributed by atoms with Crippen molar-refractivity contribution in [1.29, 1.82) is 0 Å². The van der Waals surface area contributed by atoms with Crippen LogP contribution in [0.15, 0.2) is 104 Å². The van der Waals surface area contributed by atoms with Crippen molar-refractivity contribution < 1.29 is 40.7 Å². The van der Waals surface area contributed by atoms with Crippen LogP contribution >= 0.6 is 0 Å². The summed E-state index contributed by atoms with van der Waals surface area (Å²) in [5.74, 6) is 1.94. The van der Waals surface area contributed by atoms with Crippen molar-refractivity contribution in [1.82, 2.24) is 78.5 Å². The highest BCUT2D eigenvalue weighted by atomic mass is 19.4. The Morgan fingerprint density at radius 3 is 1.43 bits per heavy atom. The van der Waals surface area contributed by atoms with Crippen molar-refractivity contribution in [2.24, 2.45) is 23.5 Å². The molecule has 0 saturated carbocycles. The number of imidazole rings is 3. The van der Waals surface area contributed by atoms with Gasteiger partial charge in [0.25, 0.3) is 0 Å². The summed E-state index contributed by atoms with van der Waals surface area (Å²) in [5, 5.41) is 5.47. The number of halogens is 6. The molecule has 1 aromatic carbocycles. The Labute approximate surface area is 482 Å². The van der Waals surface area contributed by atoms with E-state index in [1.165, 1.54) is 17.0 Å². The first-order chi connectivity index (χ1) is 39.1. The number of aromatic nitrogens is 12. The number of alkyl halides is 6. The molecule has 12 heterocycles. The summed E-state index contributed by atoms with van der Waals surface area (Å²) in [7, 11) is 0. The fourth-order valence-corrected chi connectivity index (χ4v) is 11.4. The van der Waals surface area contributed by atoms with Gasteiger partial charge in [-0.2, -0.15) is 26.3 Å². The maximum atomic E-state index is 12.7. The second-order valence-corrected chi connectivity index (χ2v) is 20.5. The van der Waals surface area contributed by atoms with Crippen LogP contribution in [0.5, 0.6) is 0 Å². The summed E-state index contributed by atoms with van der Waals surface area (Å²) >= 11 is 0. The lowest BCUT2D eigenvalue weighted by atomic mass is 9.91. The molecule has 452 valence electrons. The van der Waals surface area contributed by atoms with Gasteiger partial charge in [0.05, 0.1) is 41.7 Å². The van der Waals surface area contributed by atoms with Crippen LogP contribution in [0.25, 0.3) is 50.4 Å². The van der Waals surface area contributed by atoms with Gasteiger partial charge in [0, 0.05) is 105 Å². The van der Waals surface area contributed by atoms with E-state index < -0.39 is 31.5 Å². The number of carbonyl (C=O) groups is 2. The van der Waals surface area contributed by atoms with E-state index in [1.807, 2.05) is 95.0 Å². The molecule has 3 aliphatic rings. The van der Waals surface area contributed by atoms with E-state index in [4.69, 9.17) is 4.74 Å². The van der Waals surface area contributed by atoms with Gasteiger partial charge in [0.15, 0.2) is 33.9 Å². The highest BCUT2D eigenvalue weighted by Crippen LogP contribution is 2.38. The van der Waals surface area contributed by atoms with Crippen LogP contribution in [-0.4, -0.2) is 145 Å². The van der Waals surface area contributed by atoms with Crippen LogP contribution in [0.2, 0.25) is 0 Å². The molecule has 84 heavy (non-hydrogen) atoms. The van der Waals surface area contributed by atoms with Crippen molar-refractivity contribution in [3.05, 3.63) is 127 Å². The van der Waals surface area contributed by atoms with Crippen molar-refractivity contribution >= 4 is 62.6 Å². The largest absolute Gasteiger partial charge is 0.445 e. The highest BCUT2D eigenvalue weighted by Gasteiger charge is 2.40. The van der Waals surface area contributed by atoms with Gasteiger partial charge in [0.1, 0.15) is 13.2 Å². The Hall–Kier alpha value is -8.26. The van der Waals surface area contributed by atoms with Crippen molar-refractivity contribution in [2.75, 3.05) is 52.4 Å². The summed E-state index contributed by atoms with van der Waals surface area (Å²) in [4.78, 5) is 64.2. The number of fused-ring (bicyclic) bond motifs is 9. The van der Waals surface area contributed by atoms with E-state index in [0.29, 0.717) is 56.2 Å². The monoisotopic (exact) mass is 1170 g/mol. The van der Waals surface area contributed by atoms with Gasteiger partial charge >= 0.3 is 24.5 Å². The van der Waals surface area contributed by atoms with Crippen LogP contribution in [-0.2, 0) is 11.3 Å². The lowest BCUT2D eigenvalue weighted by Gasteiger charge is -2.18. The summed E-state index contributed by atoms with van der Waals surface area (Å²) < 4.78 is 81.1. The van der Waals surface area contributed by atoms with E-state index in [9.17, 15) is 35.9 Å². The molecule has 0 radical (unpaired) electrons. The molecule has 3 aliphatic heterocycles. The highest BCUT2D eigenvalue weighted by molar-refractivity contribution is 5.77. The van der Waals surface area contributed by atoms with E-state index in [1.54, 1.807) is 24.8 Å². The SMILES string of the molecule is C.C.C.CC[C@@H]1CN(C(=O)NCC(F)(F)F)C[C@@H]1c1cnc2cnc3[nH]ccc3n12.CC[C@@H]1CN(C(=O)OCc2ccccc2)C[C@@H]1c1cnc2cnc3[nH]ccc3n12.CC[C@@H]1CNC[C@@H]1c1cnc2cnc3[nH]ccc3n12.NCC(F)(F)F. The third-order valence-corrected chi connectivity index (χ3v) is 15.6. The number of nitrogens with zero attached hydrogens (tertiary/aromatic N) is 11. The Balaban J connectivity index is 0.000000172. The molecule has 20 nitrogen and oxygen atoms in total. The lowest BCUT2D eigenvalue weighted by molar-refractivity contribution is -0.123. The zero-order valence-electron chi connectivity index (χ0n) is 44.8. The standard InChI is InChI=1S/C22H23N5O2.C17H19F3N6O.C14H17N5.C2H4F3N.3CH4/c1-2-16-12-26(22(28)29-14-15-6-4-3-5-7-15)13-17(16)19-10-24-20-11-25-21-18(27(19)20)8-9-23-21;1-2-10-7-25(16(27)24-9-17(18,19)20)8-11(10)13-5-22-14-6-23-15-12(26(13)14)3-4-21-15;1-2-9-5-15-6-10(9)12-7-17-13-8-18-14-11(19(12)13)3-4-16-14;3-2(4,5)1-6;;;/h3-11,16-17,23H,2,12-14H2,1H3;3-6,10-11,21H,2,7-9H2,1H3,(H,24,27);3-4,7-10,15-16H,2,5-6H2,1H3;1,6H2;3*1H4/t16-,17+;10-,11+;9-,10+;;;;/m111..../s1. The maximum Gasteiger partial charge on any atom is 0.410 e. The molecular formula is C58H75F6N17O3. The van der Waals surface area contributed by atoms with Gasteiger partial charge in [-0.3, -0.25) is 13.2 Å². The molecule has 0 spiro atoms. The number of aromatic amines is 3. The van der Waals surface area contributed by atoms with Gasteiger partial charge < -0.3 is 45.9 Å². The average Bonchev–Trinajstić information content (AvgIpc) is 2.14. The number of ether oxygens (including phenoxy) is 1. The van der Waals surface area contributed by atoms with E-state index in [-0.39, 0.29) is 46.1 Å². The summed E-state index contributed by atoms with van der Waals surface area (Å²) in [6, 6.07) is 15.1. The molecule has 0 aliphatic carbocycles. The quantitative estimate of drug-likeness (QED) is 0.0743. The summed E-state index contributed by atoms with van der Waals surface area (Å²) in [6.45, 7) is 8.45. The zero-order chi connectivity index (χ0) is 57.0. The molecule has 0 unspecified atom stereocenters. The Kier molecular flexibility index (Phi) is 20.3. The number of amides is 3. The van der Waals surface area contributed by atoms with E-state index in [0.717, 1.165) is 87.7 Å². The number of urea groups is 1. The second-order valence-electron chi connectivity index (χ2n) is 20.5. The molecule has 9 aromatic heterocycles. The topological polar surface area (TPSA) is 238 Å². The van der Waals surface area contributed by atoms with Gasteiger partial charge in [-0.15, -0.1) is 0 Å². The maximum absolute atomic E-state index is 12.7. The number of nitrogens with one attached hydrogen (secondary N) is 5. The number of benzene rings is 1. The van der Waals surface area contributed by atoms with E-state index >= 15 is 0 Å². The molecule has 10 aromatic rings. The average molecular weight is 1170 g/mol. The van der Waals surface area contributed by atoms with Gasteiger partial charge in [-0.25, -0.2) is 39.5 Å². The number of nitrogens with two attached hydrogens (primary N) is 1. The van der Waals surface area contributed by atoms with Crippen LogP contribution in [0, 0.1) is 17.8 Å². The number of hydrogen-bond acceptors (Lipinski definition) is 11. The first-order valence-electron chi connectivity index (χ1n) is 27.0. The Morgan fingerprint density at radius 2 is 1.00 bits per heavy atom. The molecule has 0 bridgehead atoms. The number of carbonyl (C=O) groups excluding carboxylic acids is 2. The predicted molar refractivity (Wildman–Crippen MR) is 311 cm³/mol. The smallest absolute Gasteiger partial charge is 0.410 e. The number of rotatable bonds is 9. The Morgan fingerprint density at radius 1 is 0.571 bits per heavy atom. The molecule has 6 atom stereocenters. The molecule has 3 saturated heterocycles. The minimum atomic E-state index is -4.42. The van der Waals surface area contributed by atoms with Crippen LogP contribution < -0.4 is 16.4 Å². The van der Waals surface area contributed by atoms with Gasteiger partial charge in [-0.1, -0.05) is 92.6 Å². The van der Waals surface area contributed by atoms with Crippen LogP contribution in [0.1, 0.15) is 103 Å². The van der Waals surface area contributed by atoms with Crippen molar-refractivity contribution in [2.45, 2.75) is 99.0 Å². The van der Waals surface area contributed by atoms with Crippen LogP contribution in [0.3, 0.4) is 0 Å². The van der Waals surface area contributed by atoms with Crippen molar-refractivity contribution in [3.63, 3.8) is 0 Å². The fraction of sp³-hybridized carbons (Fsp3) is 0.448. The Bertz CT molecular complexity index is 3730. The molecule has 13 rings (SSSR count). The fourth-order valence-electron chi connectivity index (χ4n) is 11.4. The first-order valence-corrected chi connectivity index (χ1v) is 27.0. The lowest BCUT2D eigenvalue weighted by Crippen LogP contribution is -2.42. The molecule has 7 N–H and O–H groups in total. The zero-order valence-corrected chi connectivity index (χ0v) is 44.8. The third-order valence-electron chi connectivity index (χ3n) is 15.6. The van der Waals surface area contributed by atoms with Crippen molar-refractivity contribution in [3.8, 4) is 0 Å². The minimum Gasteiger partial charge on any atom is -0.445 e. The molecular weight excluding hydrogens is 1100 g/mol. The second kappa shape index (κ2) is 27.0. The normalized spacial score (nSPS) is 19.5. The first kappa shape index (κ1) is 63.3. The minimum absolute atomic E-state index is 0. The van der Waals surface area contributed by atoms with Crippen LogP contribution in [0.4, 0.5) is 35.9 Å². The van der Waals surface area contributed by atoms with Gasteiger partial charge in [-0.05, 0) is 48.1 Å². The summed E-state index contributed by atoms with van der Waals surface area (Å²) in [6.07, 6.45) is 10.8. The molecule has 3 fully saturated rings. The number of likely N-dealkylation sites (tertiary alicyclic amines) is 2. The van der Waals surface area contributed by atoms with Gasteiger partial charge in [0.2, 0.25) is 0 Å². The van der Waals surface area contributed by atoms with E-state index in [2.05, 4.69) is 84.6 Å². The molecule has 3 amide bonds. The predicted octanol–water partition coefficient (Wildman–Crippen LogP) is 11.2. The number of hydrogen-bond donors (Lipinski definition) is 6. The number of H-pyrrole nitrogens is 3. The summed E-state index contributed by atoms with van der Waals surface area (Å²) in [5.41, 5.74) is 16.5. The third kappa shape index (κ3) is 13.5.